The van der Waals surface area contributed by atoms with Gasteiger partial charge in [0.05, 0.1) is 27.5 Å². The number of hydrogen-bond donors (Lipinski definition) is 4. The first-order valence-electron chi connectivity index (χ1n) is 10.8. The van der Waals surface area contributed by atoms with Crippen LogP contribution in [0.4, 0.5) is 11.6 Å². The van der Waals surface area contributed by atoms with Crippen LogP contribution in [0.3, 0.4) is 0 Å². The third-order valence-corrected chi connectivity index (χ3v) is 7.94. The van der Waals surface area contributed by atoms with Crippen molar-refractivity contribution in [2.24, 2.45) is 5.41 Å². The maximum atomic E-state index is 11.1. The topological polar surface area (TPSA) is 136 Å². The molecule has 0 unspecified atom stereocenters. The number of aliphatic hydroxyl groups is 2. The van der Waals surface area contributed by atoms with Crippen LogP contribution in [0.5, 0.6) is 0 Å². The molecule has 1 fully saturated rings. The summed E-state index contributed by atoms with van der Waals surface area (Å²) in [6.07, 6.45) is 7.00. The van der Waals surface area contributed by atoms with Crippen LogP contribution >= 0.6 is 15.9 Å². The molecule has 1 saturated carbocycles. The first-order chi connectivity index (χ1) is 15.9. The molecule has 2 aliphatic rings. The van der Waals surface area contributed by atoms with Gasteiger partial charge in [-0.2, -0.15) is 0 Å². The van der Waals surface area contributed by atoms with E-state index in [1.54, 1.807) is 0 Å². The number of nitrogen functional groups attached to an aromatic ring is 2. The highest BCUT2D eigenvalue weighted by atomic mass is 79.9. The smallest absolute Gasteiger partial charge is 0.145 e. The van der Waals surface area contributed by atoms with Crippen LogP contribution < -0.4 is 11.5 Å². The van der Waals surface area contributed by atoms with E-state index in [0.29, 0.717) is 30.1 Å². The summed E-state index contributed by atoms with van der Waals surface area (Å²) in [4.78, 5) is 12.9. The molecule has 8 nitrogen and oxygen atoms in total. The number of aromatic nitrogens is 4. The molecule has 2 aliphatic carbocycles. The minimum atomic E-state index is -0.921. The van der Waals surface area contributed by atoms with Crippen LogP contribution in [0.1, 0.15) is 30.4 Å². The van der Waals surface area contributed by atoms with E-state index in [2.05, 4.69) is 55.2 Å². The zero-order valence-electron chi connectivity index (χ0n) is 17.6. The van der Waals surface area contributed by atoms with Crippen molar-refractivity contribution in [1.29, 1.82) is 0 Å². The minimum absolute atomic E-state index is 0.112. The number of hydrogen-bond acceptors (Lipinski definition) is 7. The molecule has 0 bridgehead atoms. The number of halogens is 1. The largest absolute Gasteiger partial charge is 0.389 e. The van der Waals surface area contributed by atoms with Gasteiger partial charge in [-0.05, 0) is 52.5 Å². The molecule has 9 heteroatoms. The molecule has 0 radical (unpaired) electrons. The predicted octanol–water partition coefficient (Wildman–Crippen LogP) is 3.30. The Labute approximate surface area is 198 Å². The first-order valence-corrected chi connectivity index (χ1v) is 11.6. The molecular formula is C24H23BrN6O2. The van der Waals surface area contributed by atoms with Gasteiger partial charge in [0.25, 0.3) is 0 Å². The summed E-state index contributed by atoms with van der Waals surface area (Å²) in [5, 5.41) is 23.9. The lowest BCUT2D eigenvalue weighted by atomic mass is 9.80. The first kappa shape index (κ1) is 20.6. The van der Waals surface area contributed by atoms with Crippen LogP contribution in [0.2, 0.25) is 0 Å². The van der Waals surface area contributed by atoms with Crippen LogP contribution in [0, 0.1) is 5.41 Å². The van der Waals surface area contributed by atoms with Gasteiger partial charge in [-0.3, -0.25) is 0 Å². The average molecular weight is 507 g/mol. The fraction of sp³-hybridized carbons (Fsp3) is 0.292. The minimum Gasteiger partial charge on any atom is -0.389 e. The lowest BCUT2D eigenvalue weighted by Crippen LogP contribution is -2.34. The summed E-state index contributed by atoms with van der Waals surface area (Å²) in [6.45, 7) is 0. The van der Waals surface area contributed by atoms with E-state index in [1.165, 1.54) is 6.33 Å². The Balaban J connectivity index is 1.31. The number of nitrogens with zero attached hydrogens (tertiary/aromatic N) is 4. The van der Waals surface area contributed by atoms with E-state index in [4.69, 9.17) is 11.5 Å². The maximum absolute atomic E-state index is 11.1. The standard InChI is InChI=1S/C24H23BrN6O2/c25-16-7-13-2-1-12(8-17(13)30-22(16)27)14-3-5-24(9-14)10-18(19(32)20(24)33)31-6-4-15-21(26)28-11-29-23(15)31/h1-8,11,14,18-20,32-33H,9-10H2,(H2,27,30)(H2,26,28,29)/t14-,18+,19-,20-,24-/m0/s1. The molecule has 4 aromatic rings. The number of pyridine rings is 1. The molecule has 5 atom stereocenters. The average Bonchev–Trinajstić information content (AvgIpc) is 3.48. The Bertz CT molecular complexity index is 1440. The second-order valence-corrected chi connectivity index (χ2v) is 9.99. The number of rotatable bonds is 2. The molecule has 1 aromatic carbocycles. The molecular weight excluding hydrogens is 484 g/mol. The Morgan fingerprint density at radius 1 is 1.06 bits per heavy atom. The van der Waals surface area contributed by atoms with Gasteiger partial charge in [0.2, 0.25) is 0 Å². The van der Waals surface area contributed by atoms with Crippen molar-refractivity contribution in [2.75, 3.05) is 11.5 Å². The van der Waals surface area contributed by atoms with Gasteiger partial charge in [-0.25, -0.2) is 15.0 Å². The second-order valence-electron chi connectivity index (χ2n) is 9.14. The molecule has 3 aromatic heterocycles. The molecule has 6 rings (SSSR count). The highest BCUT2D eigenvalue weighted by Crippen LogP contribution is 2.55. The fourth-order valence-electron chi connectivity index (χ4n) is 5.56. The zero-order valence-corrected chi connectivity index (χ0v) is 19.2. The Kier molecular flexibility index (Phi) is 4.52. The summed E-state index contributed by atoms with van der Waals surface area (Å²) < 4.78 is 2.69. The summed E-state index contributed by atoms with van der Waals surface area (Å²) >= 11 is 3.43. The summed E-state index contributed by atoms with van der Waals surface area (Å²) in [5.74, 6) is 0.972. The van der Waals surface area contributed by atoms with E-state index in [1.807, 2.05) is 29.0 Å². The monoisotopic (exact) mass is 506 g/mol. The zero-order chi connectivity index (χ0) is 22.9. The molecule has 0 aliphatic heterocycles. The van der Waals surface area contributed by atoms with Crippen molar-refractivity contribution < 1.29 is 10.2 Å². The van der Waals surface area contributed by atoms with E-state index in [-0.39, 0.29) is 12.0 Å². The van der Waals surface area contributed by atoms with Crippen molar-refractivity contribution in [3.05, 3.63) is 65.0 Å². The van der Waals surface area contributed by atoms with Gasteiger partial charge in [0.15, 0.2) is 0 Å². The highest BCUT2D eigenvalue weighted by molar-refractivity contribution is 9.10. The number of nitrogens with two attached hydrogens (primary N) is 2. The SMILES string of the molecule is Nc1nc2cc([C@H]3C=C[C@@]4(C[C@@H](n5ccc6c(N)ncnc65)[C@H](O)[C@@H]4O)C3)ccc2cc1Br. The van der Waals surface area contributed by atoms with Crippen LogP contribution in [0.15, 0.2) is 59.5 Å². The molecule has 0 amide bonds. The van der Waals surface area contributed by atoms with Gasteiger partial charge < -0.3 is 26.2 Å². The molecule has 168 valence electrons. The molecule has 3 heterocycles. The third kappa shape index (κ3) is 3.07. The van der Waals surface area contributed by atoms with Gasteiger partial charge >= 0.3 is 0 Å². The Hall–Kier alpha value is -3.01. The lowest BCUT2D eigenvalue weighted by Gasteiger charge is -2.27. The van der Waals surface area contributed by atoms with Crippen LogP contribution in [-0.4, -0.2) is 41.9 Å². The number of allylic oxidation sites excluding steroid dienone is 1. The van der Waals surface area contributed by atoms with E-state index in [9.17, 15) is 10.2 Å². The Morgan fingerprint density at radius 2 is 1.91 bits per heavy atom. The van der Waals surface area contributed by atoms with Crippen molar-refractivity contribution in [3.8, 4) is 0 Å². The van der Waals surface area contributed by atoms with Crippen molar-refractivity contribution in [3.63, 3.8) is 0 Å². The molecule has 1 spiro atoms. The number of aliphatic hydroxyl groups excluding tert-OH is 2. The van der Waals surface area contributed by atoms with E-state index >= 15 is 0 Å². The van der Waals surface area contributed by atoms with Crippen molar-refractivity contribution in [2.45, 2.75) is 37.0 Å². The fourth-order valence-corrected chi connectivity index (χ4v) is 5.89. The highest BCUT2D eigenvalue weighted by Gasteiger charge is 2.54. The predicted molar refractivity (Wildman–Crippen MR) is 130 cm³/mol. The number of fused-ring (bicyclic) bond motifs is 2. The summed E-state index contributed by atoms with van der Waals surface area (Å²) in [6, 6.07) is 9.70. The van der Waals surface area contributed by atoms with Crippen LogP contribution in [0.25, 0.3) is 21.9 Å². The Morgan fingerprint density at radius 3 is 2.76 bits per heavy atom. The van der Waals surface area contributed by atoms with Crippen molar-refractivity contribution in [1.82, 2.24) is 19.5 Å². The normalized spacial score (nSPS) is 29.1. The van der Waals surface area contributed by atoms with Gasteiger partial charge in [-0.15, -0.1) is 0 Å². The second kappa shape index (κ2) is 7.24. The summed E-state index contributed by atoms with van der Waals surface area (Å²) in [5.41, 5.74) is 14.1. The quantitative estimate of drug-likeness (QED) is 0.306. The molecule has 0 saturated heterocycles. The van der Waals surface area contributed by atoms with Gasteiger partial charge in [0.1, 0.15) is 29.7 Å². The van der Waals surface area contributed by atoms with E-state index in [0.717, 1.165) is 26.3 Å². The van der Waals surface area contributed by atoms with E-state index < -0.39 is 17.6 Å². The van der Waals surface area contributed by atoms with Gasteiger partial charge in [0, 0.05) is 22.9 Å². The maximum Gasteiger partial charge on any atom is 0.145 e. The summed E-state index contributed by atoms with van der Waals surface area (Å²) in [7, 11) is 0. The van der Waals surface area contributed by atoms with Crippen LogP contribution in [-0.2, 0) is 0 Å². The lowest BCUT2D eigenvalue weighted by molar-refractivity contribution is -0.0129. The number of benzene rings is 1. The third-order valence-electron chi connectivity index (χ3n) is 7.30. The van der Waals surface area contributed by atoms with Crippen molar-refractivity contribution >= 4 is 49.5 Å². The molecule has 6 N–H and O–H groups in total. The molecule has 33 heavy (non-hydrogen) atoms. The number of anilines is 2. The van der Waals surface area contributed by atoms with Gasteiger partial charge in [-0.1, -0.05) is 24.3 Å².